The van der Waals surface area contributed by atoms with Crippen LogP contribution < -0.4 is 5.32 Å². The van der Waals surface area contributed by atoms with Crippen molar-refractivity contribution in [3.8, 4) is 0 Å². The molecule has 1 aliphatic heterocycles. The van der Waals surface area contributed by atoms with Crippen molar-refractivity contribution in [1.29, 1.82) is 0 Å². The van der Waals surface area contributed by atoms with E-state index in [-0.39, 0.29) is 23.9 Å². The van der Waals surface area contributed by atoms with Crippen molar-refractivity contribution in [2.45, 2.75) is 12.8 Å². The quantitative estimate of drug-likeness (QED) is 0.860. The third kappa shape index (κ3) is 4.26. The zero-order chi connectivity index (χ0) is 15.2. The number of carboxylic acid groups (broad SMARTS) is 1. The van der Waals surface area contributed by atoms with Crippen molar-refractivity contribution in [3.63, 3.8) is 0 Å². The molecule has 0 aromatic heterocycles. The molecule has 1 aromatic rings. The van der Waals surface area contributed by atoms with Crippen LogP contribution in [0.25, 0.3) is 0 Å². The first kappa shape index (κ1) is 15.4. The summed E-state index contributed by atoms with van der Waals surface area (Å²) in [7, 11) is 0. The molecule has 1 saturated heterocycles. The van der Waals surface area contributed by atoms with Gasteiger partial charge in [0.25, 0.3) is 5.91 Å². The van der Waals surface area contributed by atoms with E-state index in [1.165, 1.54) is 12.1 Å². The van der Waals surface area contributed by atoms with Gasteiger partial charge in [0.15, 0.2) is 0 Å². The fourth-order valence-electron chi connectivity index (χ4n) is 2.60. The van der Waals surface area contributed by atoms with E-state index in [2.05, 4.69) is 5.32 Å². The second-order valence-corrected chi connectivity index (χ2v) is 5.26. The molecule has 1 unspecified atom stereocenters. The van der Waals surface area contributed by atoms with Crippen LogP contribution in [0.3, 0.4) is 0 Å². The zero-order valence-corrected chi connectivity index (χ0v) is 11.7. The first-order chi connectivity index (χ1) is 10.1. The maximum atomic E-state index is 13.7. The fourth-order valence-corrected chi connectivity index (χ4v) is 2.60. The Morgan fingerprint density at radius 1 is 1.38 bits per heavy atom. The predicted molar refractivity (Wildman–Crippen MR) is 75.5 cm³/mol. The highest BCUT2D eigenvalue weighted by Crippen LogP contribution is 2.19. The van der Waals surface area contributed by atoms with E-state index in [0.717, 1.165) is 12.8 Å². The number of benzene rings is 1. The molecule has 21 heavy (non-hydrogen) atoms. The number of nitrogens with one attached hydrogen (secondary N) is 1. The number of amides is 1. The summed E-state index contributed by atoms with van der Waals surface area (Å²) in [4.78, 5) is 24.4. The topological polar surface area (TPSA) is 69.6 Å². The van der Waals surface area contributed by atoms with E-state index in [4.69, 9.17) is 5.11 Å². The number of carbonyl (C=O) groups excluding carboxylic acids is 1. The SMILES string of the molecule is O=C(O)CNCC1CCCN(C(=O)c2ccccc2F)C1. The van der Waals surface area contributed by atoms with Crippen molar-refractivity contribution in [2.24, 2.45) is 5.92 Å². The Morgan fingerprint density at radius 2 is 2.14 bits per heavy atom. The normalized spacial score (nSPS) is 18.5. The van der Waals surface area contributed by atoms with E-state index in [1.54, 1.807) is 17.0 Å². The van der Waals surface area contributed by atoms with Crippen LogP contribution in [0, 0.1) is 11.7 Å². The Labute approximate surface area is 122 Å². The van der Waals surface area contributed by atoms with Gasteiger partial charge in [0.1, 0.15) is 5.82 Å². The number of halogens is 1. The molecule has 0 bridgehead atoms. The molecular weight excluding hydrogens is 275 g/mol. The minimum Gasteiger partial charge on any atom is -0.480 e. The average Bonchev–Trinajstić information content (AvgIpc) is 2.47. The van der Waals surface area contributed by atoms with Gasteiger partial charge in [-0.05, 0) is 30.9 Å². The van der Waals surface area contributed by atoms with Crippen LogP contribution in [0.5, 0.6) is 0 Å². The minimum atomic E-state index is -0.898. The number of hydrogen-bond acceptors (Lipinski definition) is 3. The number of aliphatic carboxylic acids is 1. The monoisotopic (exact) mass is 294 g/mol. The number of piperidine rings is 1. The maximum absolute atomic E-state index is 13.7. The Hall–Kier alpha value is -1.95. The van der Waals surface area contributed by atoms with Gasteiger partial charge in [-0.25, -0.2) is 4.39 Å². The van der Waals surface area contributed by atoms with Gasteiger partial charge in [0.2, 0.25) is 0 Å². The van der Waals surface area contributed by atoms with Crippen LogP contribution in [0.1, 0.15) is 23.2 Å². The fraction of sp³-hybridized carbons (Fsp3) is 0.467. The van der Waals surface area contributed by atoms with Gasteiger partial charge in [-0.2, -0.15) is 0 Å². The highest BCUT2D eigenvalue weighted by molar-refractivity contribution is 5.94. The summed E-state index contributed by atoms with van der Waals surface area (Å²) in [5, 5.41) is 11.4. The lowest BCUT2D eigenvalue weighted by atomic mass is 9.97. The van der Waals surface area contributed by atoms with Crippen LogP contribution in [-0.2, 0) is 4.79 Å². The van der Waals surface area contributed by atoms with Gasteiger partial charge in [-0.15, -0.1) is 0 Å². The summed E-state index contributed by atoms with van der Waals surface area (Å²) in [6.45, 7) is 1.60. The Balaban J connectivity index is 1.93. The summed E-state index contributed by atoms with van der Waals surface area (Å²) >= 11 is 0. The van der Waals surface area contributed by atoms with Gasteiger partial charge in [0.05, 0.1) is 12.1 Å². The molecule has 5 nitrogen and oxygen atoms in total. The Bertz CT molecular complexity index is 521. The van der Waals surface area contributed by atoms with Gasteiger partial charge in [0, 0.05) is 19.6 Å². The molecule has 2 N–H and O–H groups in total. The maximum Gasteiger partial charge on any atom is 0.317 e. The molecule has 114 valence electrons. The van der Waals surface area contributed by atoms with E-state index in [9.17, 15) is 14.0 Å². The summed E-state index contributed by atoms with van der Waals surface area (Å²) in [6, 6.07) is 5.97. The highest BCUT2D eigenvalue weighted by Gasteiger charge is 2.25. The number of hydrogen-bond donors (Lipinski definition) is 2. The lowest BCUT2D eigenvalue weighted by molar-refractivity contribution is -0.136. The number of nitrogens with zero attached hydrogens (tertiary/aromatic N) is 1. The second kappa shape index (κ2) is 7.17. The first-order valence-electron chi connectivity index (χ1n) is 7.04. The lowest BCUT2D eigenvalue weighted by Crippen LogP contribution is -2.43. The van der Waals surface area contributed by atoms with Gasteiger partial charge in [-0.1, -0.05) is 12.1 Å². The third-order valence-corrected chi connectivity index (χ3v) is 3.62. The first-order valence-corrected chi connectivity index (χ1v) is 7.04. The summed E-state index contributed by atoms with van der Waals surface area (Å²) < 4.78 is 13.7. The Morgan fingerprint density at radius 3 is 2.86 bits per heavy atom. The molecule has 1 aromatic carbocycles. The standard InChI is InChI=1S/C15H19FN2O3/c16-13-6-2-1-5-12(13)15(21)18-7-3-4-11(10-18)8-17-9-14(19)20/h1-2,5-6,11,17H,3-4,7-10H2,(H,19,20). The van der Waals surface area contributed by atoms with E-state index < -0.39 is 11.8 Å². The van der Waals surface area contributed by atoms with Crippen LogP contribution in [0.15, 0.2) is 24.3 Å². The Kier molecular flexibility index (Phi) is 5.27. The van der Waals surface area contributed by atoms with Crippen LogP contribution in [0.4, 0.5) is 4.39 Å². The van der Waals surface area contributed by atoms with Crippen molar-refractivity contribution in [3.05, 3.63) is 35.6 Å². The van der Waals surface area contributed by atoms with Crippen molar-refractivity contribution >= 4 is 11.9 Å². The van der Waals surface area contributed by atoms with E-state index in [0.29, 0.717) is 19.6 Å². The number of likely N-dealkylation sites (tertiary alicyclic amines) is 1. The van der Waals surface area contributed by atoms with Gasteiger partial charge in [-0.3, -0.25) is 9.59 Å². The second-order valence-electron chi connectivity index (χ2n) is 5.26. The van der Waals surface area contributed by atoms with Crippen LogP contribution >= 0.6 is 0 Å². The van der Waals surface area contributed by atoms with Crippen LogP contribution in [0.2, 0.25) is 0 Å². The smallest absolute Gasteiger partial charge is 0.317 e. The molecule has 2 rings (SSSR count). The lowest BCUT2D eigenvalue weighted by Gasteiger charge is -2.33. The molecule has 0 aliphatic carbocycles. The molecule has 0 saturated carbocycles. The van der Waals surface area contributed by atoms with Crippen LogP contribution in [-0.4, -0.2) is 48.1 Å². The van der Waals surface area contributed by atoms with Crippen molar-refractivity contribution in [2.75, 3.05) is 26.2 Å². The third-order valence-electron chi connectivity index (χ3n) is 3.62. The summed E-state index contributed by atoms with van der Waals surface area (Å²) in [6.07, 6.45) is 1.79. The molecule has 0 spiro atoms. The molecular formula is C15H19FN2O3. The van der Waals surface area contributed by atoms with E-state index >= 15 is 0 Å². The number of carboxylic acids is 1. The molecule has 1 atom stereocenters. The van der Waals surface area contributed by atoms with Crippen molar-refractivity contribution in [1.82, 2.24) is 10.2 Å². The van der Waals surface area contributed by atoms with Gasteiger partial charge < -0.3 is 15.3 Å². The molecule has 1 amide bonds. The largest absolute Gasteiger partial charge is 0.480 e. The van der Waals surface area contributed by atoms with Crippen molar-refractivity contribution < 1.29 is 19.1 Å². The molecule has 0 radical (unpaired) electrons. The number of rotatable bonds is 5. The average molecular weight is 294 g/mol. The molecule has 1 aliphatic rings. The van der Waals surface area contributed by atoms with Gasteiger partial charge >= 0.3 is 5.97 Å². The number of carbonyl (C=O) groups is 2. The summed E-state index contributed by atoms with van der Waals surface area (Å²) in [5.74, 6) is -1.50. The molecule has 1 fully saturated rings. The zero-order valence-electron chi connectivity index (χ0n) is 11.7. The highest BCUT2D eigenvalue weighted by atomic mass is 19.1. The minimum absolute atomic E-state index is 0.0856. The molecule has 1 heterocycles. The molecule has 6 heteroatoms. The summed E-state index contributed by atoms with van der Waals surface area (Å²) in [5.41, 5.74) is 0.0941. The van der Waals surface area contributed by atoms with E-state index in [1.807, 2.05) is 0 Å². The predicted octanol–water partition coefficient (Wildman–Crippen LogP) is 1.35.